The molecule has 4 heteroatoms. The van der Waals surface area contributed by atoms with Gasteiger partial charge in [0.25, 0.3) is 0 Å². The van der Waals surface area contributed by atoms with Gasteiger partial charge in [-0.3, -0.25) is 4.79 Å². The number of carbonyl (C=O) groups excluding carboxylic acids is 1. The molecule has 0 saturated carbocycles. The van der Waals surface area contributed by atoms with Crippen LogP contribution in [0.2, 0.25) is 0 Å². The molecule has 0 aliphatic rings. The zero-order valence-electron chi connectivity index (χ0n) is 8.29. The Kier molecular flexibility index (Phi) is 6.54. The summed E-state index contributed by atoms with van der Waals surface area (Å²) in [5.74, 6) is 0.116. The van der Waals surface area contributed by atoms with Gasteiger partial charge in [0.1, 0.15) is 0 Å². The lowest BCUT2D eigenvalue weighted by molar-refractivity contribution is -0.122. The van der Waals surface area contributed by atoms with Crippen LogP contribution in [0.25, 0.3) is 0 Å². The van der Waals surface area contributed by atoms with Crippen LogP contribution in [-0.4, -0.2) is 35.4 Å². The Morgan fingerprint density at radius 2 is 2.00 bits per heavy atom. The van der Waals surface area contributed by atoms with Crippen LogP contribution < -0.4 is 5.32 Å². The Morgan fingerprint density at radius 1 is 1.38 bits per heavy atom. The minimum Gasteiger partial charge on any atom is -0.396 e. The normalized spacial score (nSPS) is 13.0. The average Bonchev–Trinajstić information content (AvgIpc) is 2.10. The molecule has 0 aliphatic carbocycles. The van der Waals surface area contributed by atoms with Crippen LogP contribution in [0.4, 0.5) is 0 Å². The monoisotopic (exact) mass is 189 g/mol. The van der Waals surface area contributed by atoms with Crippen LogP contribution >= 0.6 is 0 Å². The SMILES string of the molecule is CC(C)[C@@H](CO)NC(=O)CCCO. The molecule has 0 aliphatic heterocycles. The summed E-state index contributed by atoms with van der Waals surface area (Å²) in [6.07, 6.45) is 0.793. The Bertz CT molecular complexity index is 148. The molecule has 0 fully saturated rings. The van der Waals surface area contributed by atoms with Crippen LogP contribution in [0.5, 0.6) is 0 Å². The molecule has 0 aromatic heterocycles. The second-order valence-electron chi connectivity index (χ2n) is 3.43. The topological polar surface area (TPSA) is 69.6 Å². The van der Waals surface area contributed by atoms with E-state index in [0.717, 1.165) is 0 Å². The first-order chi connectivity index (χ1) is 6.11. The van der Waals surface area contributed by atoms with E-state index < -0.39 is 0 Å². The molecule has 0 rings (SSSR count). The molecule has 0 saturated heterocycles. The van der Waals surface area contributed by atoms with Gasteiger partial charge < -0.3 is 15.5 Å². The van der Waals surface area contributed by atoms with E-state index in [1.807, 2.05) is 13.8 Å². The van der Waals surface area contributed by atoms with Crippen LogP contribution in [0, 0.1) is 5.92 Å². The van der Waals surface area contributed by atoms with Gasteiger partial charge in [0.2, 0.25) is 5.91 Å². The summed E-state index contributed by atoms with van der Waals surface area (Å²) in [5, 5.41) is 20.1. The highest BCUT2D eigenvalue weighted by Crippen LogP contribution is 2.01. The fourth-order valence-corrected chi connectivity index (χ4v) is 0.942. The molecular formula is C9H19NO3. The first-order valence-corrected chi connectivity index (χ1v) is 4.63. The minimum absolute atomic E-state index is 0.0267. The molecule has 4 nitrogen and oxygen atoms in total. The number of amides is 1. The zero-order valence-corrected chi connectivity index (χ0v) is 8.29. The molecule has 13 heavy (non-hydrogen) atoms. The van der Waals surface area contributed by atoms with Gasteiger partial charge in [-0.25, -0.2) is 0 Å². The Labute approximate surface area is 79.0 Å². The van der Waals surface area contributed by atoms with Crippen molar-refractivity contribution in [3.05, 3.63) is 0 Å². The number of rotatable bonds is 6. The summed E-state index contributed by atoms with van der Waals surface area (Å²) in [4.78, 5) is 11.1. The summed E-state index contributed by atoms with van der Waals surface area (Å²) >= 11 is 0. The lowest BCUT2D eigenvalue weighted by Crippen LogP contribution is -2.41. The van der Waals surface area contributed by atoms with Crippen molar-refractivity contribution in [2.75, 3.05) is 13.2 Å². The molecule has 0 bridgehead atoms. The van der Waals surface area contributed by atoms with Crippen molar-refractivity contribution in [2.24, 2.45) is 5.92 Å². The molecule has 0 aromatic rings. The van der Waals surface area contributed by atoms with Gasteiger partial charge in [0.05, 0.1) is 12.6 Å². The second kappa shape index (κ2) is 6.86. The Hall–Kier alpha value is -0.610. The molecule has 0 aromatic carbocycles. The van der Waals surface area contributed by atoms with E-state index >= 15 is 0 Å². The fourth-order valence-electron chi connectivity index (χ4n) is 0.942. The van der Waals surface area contributed by atoms with Crippen LogP contribution in [-0.2, 0) is 4.79 Å². The van der Waals surface area contributed by atoms with Crippen molar-refractivity contribution in [1.29, 1.82) is 0 Å². The van der Waals surface area contributed by atoms with E-state index in [-0.39, 0.29) is 31.1 Å². The predicted molar refractivity (Wildman–Crippen MR) is 50.2 cm³/mol. The first kappa shape index (κ1) is 12.4. The third kappa shape index (κ3) is 5.60. The molecule has 0 radical (unpaired) electrons. The van der Waals surface area contributed by atoms with Crippen molar-refractivity contribution in [1.82, 2.24) is 5.32 Å². The highest BCUT2D eigenvalue weighted by molar-refractivity contribution is 5.76. The predicted octanol–water partition coefficient (Wildman–Crippen LogP) is -0.108. The fraction of sp³-hybridized carbons (Fsp3) is 0.889. The number of hydrogen-bond acceptors (Lipinski definition) is 3. The smallest absolute Gasteiger partial charge is 0.220 e. The third-order valence-electron chi connectivity index (χ3n) is 1.91. The van der Waals surface area contributed by atoms with Crippen molar-refractivity contribution in [3.63, 3.8) is 0 Å². The Morgan fingerprint density at radius 3 is 2.38 bits per heavy atom. The van der Waals surface area contributed by atoms with E-state index in [1.165, 1.54) is 0 Å². The molecule has 0 unspecified atom stereocenters. The molecular weight excluding hydrogens is 170 g/mol. The van der Waals surface area contributed by atoms with Crippen LogP contribution in [0.3, 0.4) is 0 Å². The lowest BCUT2D eigenvalue weighted by atomic mass is 10.1. The quantitative estimate of drug-likeness (QED) is 0.546. The van der Waals surface area contributed by atoms with E-state index in [0.29, 0.717) is 12.8 Å². The summed E-state index contributed by atoms with van der Waals surface area (Å²) in [6.45, 7) is 3.86. The average molecular weight is 189 g/mol. The third-order valence-corrected chi connectivity index (χ3v) is 1.91. The van der Waals surface area contributed by atoms with Gasteiger partial charge in [0, 0.05) is 13.0 Å². The second-order valence-corrected chi connectivity index (χ2v) is 3.43. The minimum atomic E-state index is -0.175. The van der Waals surface area contributed by atoms with E-state index in [2.05, 4.69) is 5.32 Å². The van der Waals surface area contributed by atoms with Crippen molar-refractivity contribution in [3.8, 4) is 0 Å². The maximum absolute atomic E-state index is 11.1. The van der Waals surface area contributed by atoms with Gasteiger partial charge in [-0.1, -0.05) is 13.8 Å². The van der Waals surface area contributed by atoms with Crippen LogP contribution in [0.15, 0.2) is 0 Å². The largest absolute Gasteiger partial charge is 0.396 e. The molecule has 0 spiro atoms. The highest BCUT2D eigenvalue weighted by atomic mass is 16.3. The molecule has 3 N–H and O–H groups in total. The summed E-state index contributed by atoms with van der Waals surface area (Å²) in [6, 6.07) is -0.175. The summed E-state index contributed by atoms with van der Waals surface area (Å²) < 4.78 is 0. The van der Waals surface area contributed by atoms with Crippen molar-refractivity contribution < 1.29 is 15.0 Å². The first-order valence-electron chi connectivity index (χ1n) is 4.63. The lowest BCUT2D eigenvalue weighted by Gasteiger charge is -2.19. The zero-order chi connectivity index (χ0) is 10.3. The van der Waals surface area contributed by atoms with Gasteiger partial charge in [-0.2, -0.15) is 0 Å². The number of aliphatic hydroxyl groups is 2. The van der Waals surface area contributed by atoms with E-state index in [4.69, 9.17) is 10.2 Å². The van der Waals surface area contributed by atoms with Gasteiger partial charge in [-0.05, 0) is 12.3 Å². The van der Waals surface area contributed by atoms with Gasteiger partial charge in [-0.15, -0.1) is 0 Å². The van der Waals surface area contributed by atoms with Gasteiger partial charge >= 0.3 is 0 Å². The van der Waals surface area contributed by atoms with E-state index in [9.17, 15) is 4.79 Å². The number of hydrogen-bond donors (Lipinski definition) is 3. The van der Waals surface area contributed by atoms with Crippen molar-refractivity contribution in [2.45, 2.75) is 32.7 Å². The van der Waals surface area contributed by atoms with E-state index in [1.54, 1.807) is 0 Å². The molecule has 0 heterocycles. The number of carbonyl (C=O) groups is 1. The molecule has 1 atom stereocenters. The number of aliphatic hydroxyl groups excluding tert-OH is 2. The summed E-state index contributed by atoms with van der Waals surface area (Å²) in [5.41, 5.74) is 0. The molecule has 78 valence electrons. The number of nitrogens with one attached hydrogen (secondary N) is 1. The standard InChI is InChI=1S/C9H19NO3/c1-7(2)8(6-12)10-9(13)4-3-5-11/h7-8,11-12H,3-6H2,1-2H3,(H,10,13)/t8-/m1/s1. The van der Waals surface area contributed by atoms with Crippen molar-refractivity contribution >= 4 is 5.91 Å². The maximum Gasteiger partial charge on any atom is 0.220 e. The summed E-state index contributed by atoms with van der Waals surface area (Å²) in [7, 11) is 0. The van der Waals surface area contributed by atoms with Gasteiger partial charge in [0.15, 0.2) is 0 Å². The van der Waals surface area contributed by atoms with Crippen LogP contribution in [0.1, 0.15) is 26.7 Å². The Balaban J connectivity index is 3.73. The highest BCUT2D eigenvalue weighted by Gasteiger charge is 2.14. The maximum atomic E-state index is 11.1. The molecule has 1 amide bonds.